The molecule has 0 amide bonds. The van der Waals surface area contributed by atoms with Crippen LogP contribution in [-0.4, -0.2) is 34.7 Å². The third-order valence-corrected chi connectivity index (χ3v) is 4.92. The summed E-state index contributed by atoms with van der Waals surface area (Å²) in [4.78, 5) is 8.81. The molecule has 1 aliphatic heterocycles. The molecule has 0 fully saturated rings. The summed E-state index contributed by atoms with van der Waals surface area (Å²) in [5, 5.41) is 6.72. The maximum absolute atomic E-state index is 6.00. The molecule has 0 aliphatic carbocycles. The van der Waals surface area contributed by atoms with Crippen molar-refractivity contribution in [1.29, 1.82) is 0 Å². The van der Waals surface area contributed by atoms with Gasteiger partial charge < -0.3 is 19.9 Å². The van der Waals surface area contributed by atoms with E-state index in [0.717, 1.165) is 37.8 Å². The Morgan fingerprint density at radius 3 is 2.72 bits per heavy atom. The molecule has 2 aromatic carbocycles. The zero-order valence-corrected chi connectivity index (χ0v) is 16.7. The largest absolute Gasteiger partial charge is 0.488 e. The number of para-hydroxylation sites is 1. The van der Waals surface area contributed by atoms with Gasteiger partial charge in [-0.2, -0.15) is 0 Å². The highest BCUT2D eigenvalue weighted by Crippen LogP contribution is 2.27. The second-order valence-electron chi connectivity index (χ2n) is 7.18. The van der Waals surface area contributed by atoms with Crippen molar-refractivity contribution in [3.8, 4) is 5.75 Å². The van der Waals surface area contributed by atoms with Crippen LogP contribution in [0.25, 0.3) is 0 Å². The average molecular weight is 390 g/mol. The van der Waals surface area contributed by atoms with Crippen LogP contribution in [0, 0.1) is 0 Å². The molecule has 1 aliphatic rings. The monoisotopic (exact) mass is 389 g/mol. The van der Waals surface area contributed by atoms with Crippen LogP contribution in [0.4, 0.5) is 0 Å². The maximum atomic E-state index is 6.00. The lowest BCUT2D eigenvalue weighted by molar-refractivity contribution is 0.235. The van der Waals surface area contributed by atoms with Gasteiger partial charge in [-0.25, -0.2) is 9.98 Å². The van der Waals surface area contributed by atoms with Gasteiger partial charge in [0, 0.05) is 31.9 Å². The molecular weight excluding hydrogens is 362 g/mol. The first-order valence-corrected chi connectivity index (χ1v) is 10.1. The van der Waals surface area contributed by atoms with Crippen molar-refractivity contribution in [2.24, 2.45) is 4.99 Å². The standard InChI is InChI=1S/C23H27N5O/c1-2-25-23(27-15-21-13-20-5-3-4-6-22(20)29-21)26-14-18-7-9-19(10-8-18)16-28-12-11-24-17-28/h3-12,17,21H,2,13-16H2,1H3,(H2,25,26,27). The number of nitrogens with zero attached hydrogens (tertiary/aromatic N) is 3. The number of rotatable bonds is 7. The molecule has 0 bridgehead atoms. The molecule has 4 rings (SSSR count). The van der Waals surface area contributed by atoms with E-state index in [1.807, 2.05) is 24.7 Å². The fourth-order valence-electron chi connectivity index (χ4n) is 3.43. The van der Waals surface area contributed by atoms with E-state index in [9.17, 15) is 0 Å². The van der Waals surface area contributed by atoms with E-state index in [1.165, 1.54) is 16.7 Å². The highest BCUT2D eigenvalue weighted by atomic mass is 16.5. The molecule has 1 unspecified atom stereocenters. The van der Waals surface area contributed by atoms with Crippen molar-refractivity contribution in [3.63, 3.8) is 0 Å². The summed E-state index contributed by atoms with van der Waals surface area (Å²) in [5.74, 6) is 1.81. The number of aromatic nitrogens is 2. The summed E-state index contributed by atoms with van der Waals surface area (Å²) in [5.41, 5.74) is 3.71. The fourth-order valence-corrected chi connectivity index (χ4v) is 3.43. The van der Waals surface area contributed by atoms with Crippen LogP contribution < -0.4 is 15.4 Å². The lowest BCUT2D eigenvalue weighted by Crippen LogP contribution is -2.42. The number of imidazole rings is 1. The predicted octanol–water partition coefficient (Wildman–Crippen LogP) is 2.99. The van der Waals surface area contributed by atoms with Gasteiger partial charge in [-0.3, -0.25) is 0 Å². The lowest BCUT2D eigenvalue weighted by Gasteiger charge is -2.15. The van der Waals surface area contributed by atoms with E-state index in [1.54, 1.807) is 6.20 Å². The summed E-state index contributed by atoms with van der Waals surface area (Å²) in [7, 11) is 0. The molecule has 0 saturated carbocycles. The molecule has 29 heavy (non-hydrogen) atoms. The minimum Gasteiger partial charge on any atom is -0.488 e. The Hall–Kier alpha value is -3.28. The summed E-state index contributed by atoms with van der Waals surface area (Å²) in [6.07, 6.45) is 6.67. The van der Waals surface area contributed by atoms with Gasteiger partial charge in [0.15, 0.2) is 5.96 Å². The van der Waals surface area contributed by atoms with Crippen LogP contribution in [0.5, 0.6) is 5.75 Å². The van der Waals surface area contributed by atoms with Crippen LogP contribution in [0.1, 0.15) is 23.6 Å². The molecule has 6 nitrogen and oxygen atoms in total. The van der Waals surface area contributed by atoms with Crippen LogP contribution in [0.2, 0.25) is 0 Å². The minimum atomic E-state index is 0.138. The van der Waals surface area contributed by atoms with Gasteiger partial charge in [-0.15, -0.1) is 0 Å². The normalized spacial score (nSPS) is 15.6. The quantitative estimate of drug-likeness (QED) is 0.482. The first kappa shape index (κ1) is 19.1. The van der Waals surface area contributed by atoms with Crippen LogP contribution >= 0.6 is 0 Å². The van der Waals surface area contributed by atoms with Gasteiger partial charge in [-0.1, -0.05) is 42.5 Å². The molecule has 1 aromatic heterocycles. The molecule has 2 N–H and O–H groups in total. The SMILES string of the molecule is CCNC(=NCc1ccc(Cn2ccnc2)cc1)NCC1Cc2ccccc2O1. The Morgan fingerprint density at radius 2 is 1.97 bits per heavy atom. The number of ether oxygens (including phenoxy) is 1. The fraction of sp³-hybridized carbons (Fsp3) is 0.304. The first-order chi connectivity index (χ1) is 14.3. The first-order valence-electron chi connectivity index (χ1n) is 10.1. The summed E-state index contributed by atoms with van der Waals surface area (Å²) in [6.45, 7) is 5.08. The summed E-state index contributed by atoms with van der Waals surface area (Å²) < 4.78 is 8.06. The Balaban J connectivity index is 1.30. The van der Waals surface area contributed by atoms with Crippen molar-refractivity contribution in [2.45, 2.75) is 32.5 Å². The molecule has 3 aromatic rings. The van der Waals surface area contributed by atoms with Crippen molar-refractivity contribution in [3.05, 3.63) is 83.9 Å². The van der Waals surface area contributed by atoms with Crippen molar-refractivity contribution in [2.75, 3.05) is 13.1 Å². The molecule has 2 heterocycles. The summed E-state index contributed by atoms with van der Waals surface area (Å²) >= 11 is 0. The topological polar surface area (TPSA) is 63.5 Å². The van der Waals surface area contributed by atoms with Gasteiger partial charge >= 0.3 is 0 Å². The number of fused-ring (bicyclic) bond motifs is 1. The number of hydrogen-bond donors (Lipinski definition) is 2. The van der Waals surface area contributed by atoms with Gasteiger partial charge in [0.2, 0.25) is 0 Å². The number of hydrogen-bond acceptors (Lipinski definition) is 3. The predicted molar refractivity (Wildman–Crippen MR) is 115 cm³/mol. The maximum Gasteiger partial charge on any atom is 0.191 e. The lowest BCUT2D eigenvalue weighted by atomic mass is 10.1. The molecule has 0 radical (unpaired) electrons. The zero-order chi connectivity index (χ0) is 19.9. The molecule has 6 heteroatoms. The molecular formula is C23H27N5O. The van der Waals surface area contributed by atoms with Crippen LogP contribution in [-0.2, 0) is 19.5 Å². The molecule has 0 saturated heterocycles. The Bertz CT molecular complexity index is 909. The third kappa shape index (κ3) is 5.16. The zero-order valence-electron chi connectivity index (χ0n) is 16.7. The second-order valence-corrected chi connectivity index (χ2v) is 7.18. The van der Waals surface area contributed by atoms with Gasteiger partial charge in [0.25, 0.3) is 0 Å². The van der Waals surface area contributed by atoms with Crippen molar-refractivity contribution in [1.82, 2.24) is 20.2 Å². The summed E-state index contributed by atoms with van der Waals surface area (Å²) in [6, 6.07) is 16.8. The number of nitrogens with one attached hydrogen (secondary N) is 2. The third-order valence-electron chi connectivity index (χ3n) is 4.92. The average Bonchev–Trinajstić information content (AvgIpc) is 3.40. The van der Waals surface area contributed by atoms with Crippen molar-refractivity contribution < 1.29 is 4.74 Å². The minimum absolute atomic E-state index is 0.138. The smallest absolute Gasteiger partial charge is 0.191 e. The Labute approximate surface area is 171 Å². The molecule has 150 valence electrons. The number of aliphatic imine (C=N–C) groups is 1. The Kier molecular flexibility index (Phi) is 6.10. The van der Waals surface area contributed by atoms with Crippen molar-refractivity contribution >= 4 is 5.96 Å². The highest BCUT2D eigenvalue weighted by molar-refractivity contribution is 5.79. The molecule has 1 atom stereocenters. The molecule has 0 spiro atoms. The van der Waals surface area contributed by atoms with E-state index in [2.05, 4.69) is 63.5 Å². The van der Waals surface area contributed by atoms with Gasteiger partial charge in [0.1, 0.15) is 11.9 Å². The van der Waals surface area contributed by atoms with Gasteiger partial charge in [-0.05, 0) is 29.7 Å². The van der Waals surface area contributed by atoms with E-state index < -0.39 is 0 Å². The van der Waals surface area contributed by atoms with Crippen LogP contribution in [0.15, 0.2) is 72.2 Å². The van der Waals surface area contributed by atoms with Gasteiger partial charge in [0.05, 0.1) is 19.4 Å². The van der Waals surface area contributed by atoms with Crippen LogP contribution in [0.3, 0.4) is 0 Å². The van der Waals surface area contributed by atoms with E-state index in [4.69, 9.17) is 9.73 Å². The van der Waals surface area contributed by atoms with E-state index >= 15 is 0 Å². The van der Waals surface area contributed by atoms with E-state index in [0.29, 0.717) is 6.54 Å². The highest BCUT2D eigenvalue weighted by Gasteiger charge is 2.22. The van der Waals surface area contributed by atoms with E-state index in [-0.39, 0.29) is 6.10 Å². The number of guanidine groups is 1. The second kappa shape index (κ2) is 9.28. The number of benzene rings is 2. The Morgan fingerprint density at radius 1 is 1.14 bits per heavy atom.